The van der Waals surface area contributed by atoms with E-state index >= 15 is 0 Å². The standard InChI is InChI=1S/C18H28N2O2/c1-12(2)15-6-5-13(3)9-17(15)22-11-18(21)20-16-7-8-19-10-14(16)4/h5-6,9,12,14,16,19H,7-8,10-11H2,1-4H3,(H,20,21). The van der Waals surface area contributed by atoms with Gasteiger partial charge in [0.25, 0.3) is 5.91 Å². The lowest BCUT2D eigenvalue weighted by Gasteiger charge is -2.30. The van der Waals surface area contributed by atoms with Gasteiger partial charge in [-0.15, -0.1) is 0 Å². The van der Waals surface area contributed by atoms with E-state index in [0.29, 0.717) is 11.8 Å². The van der Waals surface area contributed by atoms with Gasteiger partial charge in [0.1, 0.15) is 5.75 Å². The Labute approximate surface area is 133 Å². The summed E-state index contributed by atoms with van der Waals surface area (Å²) in [5, 5.41) is 6.44. The van der Waals surface area contributed by atoms with E-state index in [0.717, 1.165) is 36.4 Å². The molecule has 0 spiro atoms. The van der Waals surface area contributed by atoms with Gasteiger partial charge in [-0.2, -0.15) is 0 Å². The van der Waals surface area contributed by atoms with Crippen LogP contribution in [0.2, 0.25) is 0 Å². The van der Waals surface area contributed by atoms with Gasteiger partial charge in [0, 0.05) is 6.04 Å². The Bertz CT molecular complexity index is 514. The van der Waals surface area contributed by atoms with Crippen LogP contribution in [0.25, 0.3) is 0 Å². The molecule has 4 nitrogen and oxygen atoms in total. The minimum atomic E-state index is -0.0324. The molecule has 0 saturated carbocycles. The highest BCUT2D eigenvalue weighted by Crippen LogP contribution is 2.27. The highest BCUT2D eigenvalue weighted by atomic mass is 16.5. The van der Waals surface area contributed by atoms with Gasteiger partial charge in [0.05, 0.1) is 0 Å². The lowest BCUT2D eigenvalue weighted by atomic mass is 9.95. The van der Waals surface area contributed by atoms with E-state index in [9.17, 15) is 4.79 Å². The molecule has 2 atom stereocenters. The van der Waals surface area contributed by atoms with Crippen LogP contribution in [0.4, 0.5) is 0 Å². The molecule has 0 aromatic heterocycles. The number of ether oxygens (including phenoxy) is 1. The molecule has 1 aliphatic heterocycles. The molecule has 0 radical (unpaired) electrons. The first-order chi connectivity index (χ1) is 10.5. The Balaban J connectivity index is 1.92. The van der Waals surface area contributed by atoms with Gasteiger partial charge in [0.15, 0.2) is 6.61 Å². The van der Waals surface area contributed by atoms with Crippen LogP contribution in [0.15, 0.2) is 18.2 Å². The molecule has 122 valence electrons. The number of hydrogen-bond donors (Lipinski definition) is 2. The van der Waals surface area contributed by atoms with Gasteiger partial charge < -0.3 is 15.4 Å². The molecule has 1 heterocycles. The summed E-state index contributed by atoms with van der Waals surface area (Å²) in [5.74, 6) is 1.63. The van der Waals surface area contributed by atoms with Gasteiger partial charge in [-0.25, -0.2) is 0 Å². The molecule has 1 aromatic rings. The summed E-state index contributed by atoms with van der Waals surface area (Å²) in [4.78, 5) is 12.1. The van der Waals surface area contributed by atoms with Crippen molar-refractivity contribution in [2.24, 2.45) is 5.92 Å². The third-order valence-corrected chi connectivity index (χ3v) is 4.28. The molecule has 2 unspecified atom stereocenters. The lowest BCUT2D eigenvalue weighted by molar-refractivity contribution is -0.124. The molecule has 0 bridgehead atoms. The van der Waals surface area contributed by atoms with Gasteiger partial charge in [0.2, 0.25) is 0 Å². The molecule has 1 aromatic carbocycles. The summed E-state index contributed by atoms with van der Waals surface area (Å²) in [6, 6.07) is 6.43. The minimum Gasteiger partial charge on any atom is -0.483 e. The zero-order valence-electron chi connectivity index (χ0n) is 14.1. The van der Waals surface area contributed by atoms with Crippen molar-refractivity contribution in [1.29, 1.82) is 0 Å². The minimum absolute atomic E-state index is 0.0324. The summed E-state index contributed by atoms with van der Waals surface area (Å²) in [7, 11) is 0. The van der Waals surface area contributed by atoms with Crippen LogP contribution < -0.4 is 15.4 Å². The summed E-state index contributed by atoms with van der Waals surface area (Å²) in [5.41, 5.74) is 2.29. The predicted molar refractivity (Wildman–Crippen MR) is 89.3 cm³/mol. The number of carbonyl (C=O) groups excluding carboxylic acids is 1. The Morgan fingerprint density at radius 3 is 2.91 bits per heavy atom. The maximum absolute atomic E-state index is 12.1. The molecule has 4 heteroatoms. The second-order valence-electron chi connectivity index (χ2n) is 6.63. The third kappa shape index (κ3) is 4.47. The predicted octanol–water partition coefficient (Wildman–Crippen LogP) is 2.61. The monoisotopic (exact) mass is 304 g/mol. The fourth-order valence-corrected chi connectivity index (χ4v) is 2.86. The summed E-state index contributed by atoms with van der Waals surface area (Å²) < 4.78 is 5.79. The lowest BCUT2D eigenvalue weighted by Crippen LogP contribution is -2.49. The average Bonchev–Trinajstić information content (AvgIpc) is 2.47. The molecular weight excluding hydrogens is 276 g/mol. The topological polar surface area (TPSA) is 50.4 Å². The molecule has 0 aliphatic carbocycles. The number of benzene rings is 1. The normalized spacial score (nSPS) is 21.7. The van der Waals surface area contributed by atoms with E-state index in [4.69, 9.17) is 4.74 Å². The first-order valence-electron chi connectivity index (χ1n) is 8.20. The van der Waals surface area contributed by atoms with Crippen molar-refractivity contribution >= 4 is 5.91 Å². The molecule has 1 amide bonds. The van der Waals surface area contributed by atoms with Crippen molar-refractivity contribution in [2.75, 3.05) is 19.7 Å². The van der Waals surface area contributed by atoms with Crippen LogP contribution in [0.1, 0.15) is 44.2 Å². The van der Waals surface area contributed by atoms with Gasteiger partial charge in [-0.3, -0.25) is 4.79 Å². The van der Waals surface area contributed by atoms with E-state index < -0.39 is 0 Å². The van der Waals surface area contributed by atoms with Crippen LogP contribution in [0.3, 0.4) is 0 Å². The summed E-state index contributed by atoms with van der Waals surface area (Å²) in [6.07, 6.45) is 0.981. The van der Waals surface area contributed by atoms with Gasteiger partial charge in [-0.1, -0.05) is 32.9 Å². The maximum atomic E-state index is 12.1. The van der Waals surface area contributed by atoms with Gasteiger partial charge in [-0.05, 0) is 55.5 Å². The fraction of sp³-hybridized carbons (Fsp3) is 0.611. The van der Waals surface area contributed by atoms with Crippen molar-refractivity contribution in [3.8, 4) is 5.75 Å². The quantitative estimate of drug-likeness (QED) is 0.879. The van der Waals surface area contributed by atoms with E-state index in [1.54, 1.807) is 0 Å². The zero-order valence-corrected chi connectivity index (χ0v) is 14.1. The van der Waals surface area contributed by atoms with Crippen molar-refractivity contribution in [3.63, 3.8) is 0 Å². The smallest absolute Gasteiger partial charge is 0.258 e. The van der Waals surface area contributed by atoms with Crippen LogP contribution in [-0.2, 0) is 4.79 Å². The number of rotatable bonds is 5. The van der Waals surface area contributed by atoms with Crippen molar-refractivity contribution < 1.29 is 9.53 Å². The Morgan fingerprint density at radius 1 is 1.45 bits per heavy atom. The van der Waals surface area contributed by atoms with Crippen LogP contribution in [-0.4, -0.2) is 31.6 Å². The van der Waals surface area contributed by atoms with Crippen molar-refractivity contribution in [2.45, 2.75) is 46.1 Å². The van der Waals surface area contributed by atoms with Crippen molar-refractivity contribution in [1.82, 2.24) is 10.6 Å². The van der Waals surface area contributed by atoms with E-state index in [-0.39, 0.29) is 18.6 Å². The molecular formula is C18H28N2O2. The number of carbonyl (C=O) groups is 1. The number of nitrogens with one attached hydrogen (secondary N) is 2. The number of hydrogen-bond acceptors (Lipinski definition) is 3. The summed E-state index contributed by atoms with van der Waals surface area (Å²) >= 11 is 0. The van der Waals surface area contributed by atoms with E-state index in [1.807, 2.05) is 13.0 Å². The number of amides is 1. The molecule has 22 heavy (non-hydrogen) atoms. The first kappa shape index (κ1) is 16.8. The molecule has 1 fully saturated rings. The highest BCUT2D eigenvalue weighted by molar-refractivity contribution is 5.78. The second-order valence-corrected chi connectivity index (χ2v) is 6.63. The third-order valence-electron chi connectivity index (χ3n) is 4.28. The maximum Gasteiger partial charge on any atom is 0.258 e. The Hall–Kier alpha value is -1.55. The first-order valence-corrected chi connectivity index (χ1v) is 8.20. The van der Waals surface area contributed by atoms with Crippen LogP contribution >= 0.6 is 0 Å². The number of piperidine rings is 1. The van der Waals surface area contributed by atoms with E-state index in [2.05, 4.69) is 43.5 Å². The number of aryl methyl sites for hydroxylation is 1. The largest absolute Gasteiger partial charge is 0.483 e. The molecule has 1 saturated heterocycles. The highest BCUT2D eigenvalue weighted by Gasteiger charge is 2.22. The molecule has 1 aliphatic rings. The SMILES string of the molecule is Cc1ccc(C(C)C)c(OCC(=O)NC2CCNCC2C)c1. The van der Waals surface area contributed by atoms with Gasteiger partial charge >= 0.3 is 0 Å². The van der Waals surface area contributed by atoms with E-state index in [1.165, 1.54) is 0 Å². The van der Waals surface area contributed by atoms with Crippen LogP contribution in [0, 0.1) is 12.8 Å². The molecule has 2 N–H and O–H groups in total. The zero-order chi connectivity index (χ0) is 16.1. The second kappa shape index (κ2) is 7.63. The summed E-state index contributed by atoms with van der Waals surface area (Å²) in [6.45, 7) is 10.5. The molecule has 2 rings (SSSR count). The Kier molecular flexibility index (Phi) is 5.83. The average molecular weight is 304 g/mol. The Morgan fingerprint density at radius 2 is 2.23 bits per heavy atom. The van der Waals surface area contributed by atoms with Crippen molar-refractivity contribution in [3.05, 3.63) is 29.3 Å². The van der Waals surface area contributed by atoms with Crippen LogP contribution in [0.5, 0.6) is 5.75 Å². The fourth-order valence-electron chi connectivity index (χ4n) is 2.86.